The van der Waals surface area contributed by atoms with E-state index in [1.165, 1.54) is 6.08 Å². The molecule has 0 bridgehead atoms. The summed E-state index contributed by atoms with van der Waals surface area (Å²) in [6.07, 6.45) is 2.98. The van der Waals surface area contributed by atoms with Gasteiger partial charge in [0, 0.05) is 16.8 Å². The molecule has 3 heterocycles. The van der Waals surface area contributed by atoms with Crippen molar-refractivity contribution in [3.8, 4) is 17.2 Å². The molecule has 0 saturated heterocycles. The Balaban J connectivity index is 1.51. The third-order valence-electron chi connectivity index (χ3n) is 5.46. The first-order valence-corrected chi connectivity index (χ1v) is 12.0. The lowest BCUT2D eigenvalue weighted by molar-refractivity contribution is -0.111. The Kier molecular flexibility index (Phi) is 6.26. The summed E-state index contributed by atoms with van der Waals surface area (Å²) in [7, 11) is 0. The van der Waals surface area contributed by atoms with E-state index in [2.05, 4.69) is 10.4 Å². The van der Waals surface area contributed by atoms with Crippen LogP contribution in [0.1, 0.15) is 28.5 Å². The van der Waals surface area contributed by atoms with E-state index in [0.29, 0.717) is 27.6 Å². The predicted octanol–water partition coefficient (Wildman–Crippen LogP) is 4.31. The molecule has 1 amide bonds. The maximum atomic E-state index is 13.5. The summed E-state index contributed by atoms with van der Waals surface area (Å²) in [5.74, 6) is 0.170. The van der Waals surface area contributed by atoms with Gasteiger partial charge >= 0.3 is 5.97 Å². The number of fused-ring (bicyclic) bond motifs is 2. The Bertz CT molecular complexity index is 1570. The standard InChI is InChI=1S/C26H21N3O6S/c1-3-33-26(32)23-18-13-36-24(22(18)25(31)29(28-23)17-8-4-15(2)5-9-17)27-21(30)11-7-16-6-10-19-20(12-16)35-14-34-19/h4-13H,3,14H2,1-2H3,(H,27,30)/b11-7+. The summed E-state index contributed by atoms with van der Waals surface area (Å²) in [4.78, 5) is 38.8. The third-order valence-corrected chi connectivity index (χ3v) is 6.36. The fourth-order valence-electron chi connectivity index (χ4n) is 3.70. The van der Waals surface area contributed by atoms with Gasteiger partial charge in [0.15, 0.2) is 17.2 Å². The smallest absolute Gasteiger partial charge is 0.359 e. The van der Waals surface area contributed by atoms with Crippen LogP contribution in [0, 0.1) is 6.92 Å². The van der Waals surface area contributed by atoms with Gasteiger partial charge in [0.25, 0.3) is 5.56 Å². The second kappa shape index (κ2) is 9.67. The third kappa shape index (κ3) is 4.46. The molecule has 0 spiro atoms. The second-order valence-electron chi connectivity index (χ2n) is 7.91. The SMILES string of the molecule is CCOC(=O)c1nn(-c2ccc(C)cc2)c(=O)c2c(NC(=O)/C=C/c3ccc4c(c3)OCO4)scc12. The van der Waals surface area contributed by atoms with E-state index in [-0.39, 0.29) is 24.5 Å². The van der Waals surface area contributed by atoms with Gasteiger partial charge in [0.1, 0.15) is 5.00 Å². The molecule has 9 nitrogen and oxygen atoms in total. The zero-order valence-corrected chi connectivity index (χ0v) is 20.3. The van der Waals surface area contributed by atoms with E-state index in [9.17, 15) is 14.4 Å². The maximum Gasteiger partial charge on any atom is 0.359 e. The molecule has 10 heteroatoms. The Morgan fingerprint density at radius 1 is 1.17 bits per heavy atom. The predicted molar refractivity (Wildman–Crippen MR) is 136 cm³/mol. The Hall–Kier alpha value is -4.44. The average molecular weight is 504 g/mol. The fourth-order valence-corrected chi connectivity index (χ4v) is 4.63. The molecule has 5 rings (SSSR count). The van der Waals surface area contributed by atoms with Crippen LogP contribution in [-0.4, -0.2) is 35.1 Å². The maximum absolute atomic E-state index is 13.5. The van der Waals surface area contributed by atoms with Gasteiger partial charge in [-0.3, -0.25) is 9.59 Å². The number of nitrogens with zero attached hydrogens (tertiary/aromatic N) is 2. The van der Waals surface area contributed by atoms with Gasteiger partial charge in [0.2, 0.25) is 12.7 Å². The largest absolute Gasteiger partial charge is 0.461 e. The molecule has 2 aromatic heterocycles. The highest BCUT2D eigenvalue weighted by Gasteiger charge is 2.23. The number of anilines is 1. The minimum atomic E-state index is -0.651. The summed E-state index contributed by atoms with van der Waals surface area (Å²) < 4.78 is 17.0. The molecule has 0 radical (unpaired) electrons. The number of hydrogen-bond acceptors (Lipinski definition) is 8. The van der Waals surface area contributed by atoms with Crippen LogP contribution in [-0.2, 0) is 9.53 Å². The molecule has 4 aromatic rings. The van der Waals surface area contributed by atoms with Crippen molar-refractivity contribution in [3.05, 3.63) is 81.1 Å². The molecular weight excluding hydrogens is 482 g/mol. The molecule has 0 saturated carbocycles. The lowest BCUT2D eigenvalue weighted by Crippen LogP contribution is -2.25. The van der Waals surface area contributed by atoms with E-state index < -0.39 is 17.4 Å². The molecule has 36 heavy (non-hydrogen) atoms. The van der Waals surface area contributed by atoms with Crippen LogP contribution < -0.4 is 20.3 Å². The van der Waals surface area contributed by atoms with Crippen molar-refractivity contribution in [1.29, 1.82) is 0 Å². The van der Waals surface area contributed by atoms with E-state index in [1.807, 2.05) is 19.1 Å². The highest BCUT2D eigenvalue weighted by Crippen LogP contribution is 2.33. The molecule has 182 valence electrons. The van der Waals surface area contributed by atoms with Crippen molar-refractivity contribution in [1.82, 2.24) is 9.78 Å². The zero-order valence-electron chi connectivity index (χ0n) is 19.4. The van der Waals surface area contributed by atoms with Crippen LogP contribution in [0.5, 0.6) is 11.5 Å². The summed E-state index contributed by atoms with van der Waals surface area (Å²) in [5.41, 5.74) is 1.79. The summed E-state index contributed by atoms with van der Waals surface area (Å²) in [5, 5.41) is 9.49. The molecule has 0 aliphatic carbocycles. The summed E-state index contributed by atoms with van der Waals surface area (Å²) in [6, 6.07) is 12.5. The molecule has 1 aliphatic rings. The molecule has 2 aromatic carbocycles. The van der Waals surface area contributed by atoms with Crippen LogP contribution in [0.25, 0.3) is 22.5 Å². The number of amides is 1. The van der Waals surface area contributed by atoms with Crippen molar-refractivity contribution >= 4 is 45.1 Å². The number of aromatic nitrogens is 2. The highest BCUT2D eigenvalue weighted by molar-refractivity contribution is 7.16. The lowest BCUT2D eigenvalue weighted by atomic mass is 10.2. The molecule has 0 atom stereocenters. The van der Waals surface area contributed by atoms with E-state index in [0.717, 1.165) is 27.1 Å². The van der Waals surface area contributed by atoms with Crippen LogP contribution in [0.4, 0.5) is 5.00 Å². The first-order chi connectivity index (χ1) is 17.4. The first-order valence-electron chi connectivity index (χ1n) is 11.1. The molecule has 0 fully saturated rings. The second-order valence-corrected chi connectivity index (χ2v) is 8.79. The number of aryl methyl sites for hydroxylation is 1. The Morgan fingerprint density at radius 2 is 1.94 bits per heavy atom. The molecule has 0 unspecified atom stereocenters. The Morgan fingerprint density at radius 3 is 2.72 bits per heavy atom. The zero-order chi connectivity index (χ0) is 25.2. The fraction of sp³-hybridized carbons (Fsp3) is 0.154. The van der Waals surface area contributed by atoms with Crippen LogP contribution in [0.3, 0.4) is 0 Å². The van der Waals surface area contributed by atoms with Gasteiger partial charge in [-0.2, -0.15) is 9.78 Å². The van der Waals surface area contributed by atoms with E-state index in [4.69, 9.17) is 14.2 Å². The first kappa shape index (κ1) is 23.3. The number of esters is 1. The monoisotopic (exact) mass is 503 g/mol. The normalized spacial score (nSPS) is 12.3. The summed E-state index contributed by atoms with van der Waals surface area (Å²) >= 11 is 1.14. The van der Waals surface area contributed by atoms with Crippen molar-refractivity contribution in [2.75, 3.05) is 18.7 Å². The number of ether oxygens (including phenoxy) is 3. The number of carbonyl (C=O) groups excluding carboxylic acids is 2. The van der Waals surface area contributed by atoms with Crippen LogP contribution in [0.2, 0.25) is 0 Å². The number of hydrogen-bond donors (Lipinski definition) is 1. The van der Waals surface area contributed by atoms with Gasteiger partial charge in [-0.05, 0) is 49.8 Å². The van der Waals surface area contributed by atoms with Crippen LogP contribution >= 0.6 is 11.3 Å². The van der Waals surface area contributed by atoms with Gasteiger partial charge in [-0.1, -0.05) is 23.8 Å². The lowest BCUT2D eigenvalue weighted by Gasteiger charge is -2.10. The van der Waals surface area contributed by atoms with Gasteiger partial charge in [-0.15, -0.1) is 11.3 Å². The van der Waals surface area contributed by atoms with E-state index >= 15 is 0 Å². The van der Waals surface area contributed by atoms with Crippen molar-refractivity contribution < 1.29 is 23.8 Å². The molecule has 1 N–H and O–H groups in total. The quantitative estimate of drug-likeness (QED) is 0.308. The minimum Gasteiger partial charge on any atom is -0.461 e. The highest BCUT2D eigenvalue weighted by atomic mass is 32.1. The van der Waals surface area contributed by atoms with Gasteiger partial charge < -0.3 is 19.5 Å². The number of carbonyl (C=O) groups is 2. The topological polar surface area (TPSA) is 109 Å². The molecule has 1 aliphatic heterocycles. The number of rotatable bonds is 6. The average Bonchev–Trinajstić information content (AvgIpc) is 3.51. The minimum absolute atomic E-state index is 0.000300. The molecular formula is C26H21N3O6S. The van der Waals surface area contributed by atoms with Crippen LogP contribution in [0.15, 0.2) is 58.7 Å². The van der Waals surface area contributed by atoms with Crippen molar-refractivity contribution in [3.63, 3.8) is 0 Å². The van der Waals surface area contributed by atoms with Crippen molar-refractivity contribution in [2.45, 2.75) is 13.8 Å². The number of nitrogens with one attached hydrogen (secondary N) is 1. The van der Waals surface area contributed by atoms with E-state index in [1.54, 1.807) is 48.7 Å². The van der Waals surface area contributed by atoms with Crippen molar-refractivity contribution in [2.24, 2.45) is 0 Å². The summed E-state index contributed by atoms with van der Waals surface area (Å²) in [6.45, 7) is 3.94. The van der Waals surface area contributed by atoms with Gasteiger partial charge in [0.05, 0.1) is 17.7 Å². The van der Waals surface area contributed by atoms with Gasteiger partial charge in [-0.25, -0.2) is 4.79 Å². The number of thiophene rings is 1. The Labute approximate surface area is 209 Å². The number of benzene rings is 2.